The molecule has 1 rings (SSSR count). The van der Waals surface area contributed by atoms with Crippen LogP contribution in [0.1, 0.15) is 12.0 Å². The van der Waals surface area contributed by atoms with Crippen LogP contribution >= 0.6 is 24.8 Å². The summed E-state index contributed by atoms with van der Waals surface area (Å²) in [6, 6.07) is 7.82. The summed E-state index contributed by atoms with van der Waals surface area (Å²) < 4.78 is 0. The predicted molar refractivity (Wildman–Crippen MR) is 68.6 cm³/mol. The lowest BCUT2D eigenvalue weighted by molar-refractivity contribution is 1.26. The van der Waals surface area contributed by atoms with Crippen LogP contribution in [0.4, 0.5) is 5.69 Å². The maximum Gasteiger partial charge on any atom is 0.0811 e. The van der Waals surface area contributed by atoms with Crippen molar-refractivity contribution in [3.05, 3.63) is 35.9 Å². The van der Waals surface area contributed by atoms with Gasteiger partial charge in [-0.3, -0.25) is 0 Å². The van der Waals surface area contributed by atoms with Crippen LogP contribution in [0.15, 0.2) is 35.3 Å². The minimum Gasteiger partial charge on any atom is -0.194 e. The number of isothiocyanates is 1. The molecule has 0 heterocycles. The molecule has 0 aliphatic rings. The van der Waals surface area contributed by atoms with E-state index in [2.05, 4.69) is 41.1 Å². The molecule has 0 saturated carbocycles. The molecular weight excluding hydrogens is 210 g/mol. The summed E-state index contributed by atoms with van der Waals surface area (Å²) >= 11 is 8.71. The lowest BCUT2D eigenvalue weighted by Crippen LogP contribution is -1.74. The molecule has 0 bridgehead atoms. The van der Waals surface area contributed by atoms with Gasteiger partial charge in [0.1, 0.15) is 0 Å². The maximum atomic E-state index is 4.58. The Bertz CT molecular complexity index is 365. The van der Waals surface area contributed by atoms with Gasteiger partial charge in [-0.05, 0) is 30.5 Å². The molecule has 0 aliphatic carbocycles. The van der Waals surface area contributed by atoms with Gasteiger partial charge in [-0.25, -0.2) is 0 Å². The number of hydrogen-bond acceptors (Lipinski definition) is 3. The van der Waals surface area contributed by atoms with Gasteiger partial charge in [-0.1, -0.05) is 30.4 Å². The number of rotatable bonds is 4. The van der Waals surface area contributed by atoms with Crippen LogP contribution in [0.2, 0.25) is 0 Å². The van der Waals surface area contributed by atoms with Gasteiger partial charge >= 0.3 is 0 Å². The summed E-state index contributed by atoms with van der Waals surface area (Å²) in [5, 5.41) is 2.37. The SMILES string of the molecule is S=C=Nc1ccccc1C=CCCS. The Morgan fingerprint density at radius 1 is 1.43 bits per heavy atom. The number of thiocarbonyl (C=S) groups is 1. The van der Waals surface area contributed by atoms with E-state index in [9.17, 15) is 0 Å². The lowest BCUT2D eigenvalue weighted by Gasteiger charge is -1.97. The number of hydrogen-bond donors (Lipinski definition) is 1. The Morgan fingerprint density at radius 3 is 2.93 bits per heavy atom. The van der Waals surface area contributed by atoms with Crippen LogP contribution in [0.25, 0.3) is 6.08 Å². The molecule has 0 fully saturated rings. The summed E-state index contributed by atoms with van der Waals surface area (Å²) in [4.78, 5) is 3.98. The molecular formula is C11H11NS2. The van der Waals surface area contributed by atoms with E-state index in [1.54, 1.807) is 0 Å². The van der Waals surface area contributed by atoms with Gasteiger partial charge in [-0.15, -0.1) is 0 Å². The minimum absolute atomic E-state index is 0.856. The average Bonchev–Trinajstić information content (AvgIpc) is 2.21. The molecule has 0 aromatic heterocycles. The van der Waals surface area contributed by atoms with Crippen molar-refractivity contribution in [3.63, 3.8) is 0 Å². The van der Waals surface area contributed by atoms with Gasteiger partial charge < -0.3 is 0 Å². The molecule has 72 valence electrons. The summed E-state index contributed by atoms with van der Waals surface area (Å²) in [5.41, 5.74) is 1.92. The van der Waals surface area contributed by atoms with E-state index < -0.39 is 0 Å². The lowest BCUT2D eigenvalue weighted by atomic mass is 10.1. The number of aliphatic imine (C=N–C) groups is 1. The van der Waals surface area contributed by atoms with E-state index in [4.69, 9.17) is 0 Å². The van der Waals surface area contributed by atoms with Crippen molar-refractivity contribution in [2.45, 2.75) is 6.42 Å². The van der Waals surface area contributed by atoms with Crippen molar-refractivity contribution in [3.8, 4) is 0 Å². The maximum absolute atomic E-state index is 4.58. The van der Waals surface area contributed by atoms with Crippen LogP contribution in [0, 0.1) is 0 Å². The molecule has 0 aliphatic heterocycles. The van der Waals surface area contributed by atoms with Crippen LogP contribution in [-0.4, -0.2) is 10.9 Å². The first-order chi connectivity index (χ1) is 6.88. The first-order valence-corrected chi connectivity index (χ1v) is 5.37. The van der Waals surface area contributed by atoms with E-state index in [0.717, 1.165) is 23.4 Å². The van der Waals surface area contributed by atoms with E-state index in [1.165, 1.54) is 0 Å². The zero-order valence-electron chi connectivity index (χ0n) is 7.68. The molecule has 1 aromatic rings. The van der Waals surface area contributed by atoms with Gasteiger partial charge in [0.05, 0.1) is 10.8 Å². The third-order valence-electron chi connectivity index (χ3n) is 1.70. The molecule has 0 amide bonds. The normalized spacial score (nSPS) is 10.1. The topological polar surface area (TPSA) is 12.4 Å². The van der Waals surface area contributed by atoms with E-state index in [-0.39, 0.29) is 0 Å². The molecule has 0 spiro atoms. The second-order valence-corrected chi connectivity index (χ2v) is 3.31. The van der Waals surface area contributed by atoms with Crippen molar-refractivity contribution in [1.29, 1.82) is 0 Å². The van der Waals surface area contributed by atoms with Crippen LogP contribution in [0.3, 0.4) is 0 Å². The summed E-state index contributed by atoms with van der Waals surface area (Å²) in [6.45, 7) is 0. The first kappa shape index (κ1) is 11.2. The Hall–Kier alpha value is -0.890. The van der Waals surface area contributed by atoms with Crippen molar-refractivity contribution < 1.29 is 0 Å². The zero-order valence-corrected chi connectivity index (χ0v) is 9.39. The van der Waals surface area contributed by atoms with Crippen molar-refractivity contribution in [2.75, 3.05) is 5.75 Å². The molecule has 1 aromatic carbocycles. The monoisotopic (exact) mass is 221 g/mol. The molecule has 14 heavy (non-hydrogen) atoms. The number of benzene rings is 1. The fourth-order valence-electron chi connectivity index (χ4n) is 1.06. The summed E-state index contributed by atoms with van der Waals surface area (Å²) in [5.74, 6) is 0.856. The zero-order chi connectivity index (χ0) is 10.2. The van der Waals surface area contributed by atoms with Gasteiger partial charge in [0.2, 0.25) is 0 Å². The highest BCUT2D eigenvalue weighted by Gasteiger charge is 1.93. The molecule has 0 N–H and O–H groups in total. The second kappa shape index (κ2) is 6.55. The Morgan fingerprint density at radius 2 is 2.21 bits per heavy atom. The highest BCUT2D eigenvalue weighted by molar-refractivity contribution is 7.80. The largest absolute Gasteiger partial charge is 0.194 e. The number of allylic oxidation sites excluding steroid dienone is 1. The molecule has 3 heteroatoms. The molecule has 0 atom stereocenters. The van der Waals surface area contributed by atoms with Crippen molar-refractivity contribution >= 4 is 41.8 Å². The molecule has 0 radical (unpaired) electrons. The third kappa shape index (κ3) is 3.46. The average molecular weight is 221 g/mol. The Labute approximate surface area is 95.0 Å². The molecule has 1 nitrogen and oxygen atoms in total. The van der Waals surface area contributed by atoms with Crippen molar-refractivity contribution in [2.24, 2.45) is 4.99 Å². The van der Waals surface area contributed by atoms with Crippen LogP contribution < -0.4 is 0 Å². The minimum atomic E-state index is 0.856. The van der Waals surface area contributed by atoms with Gasteiger partial charge in [-0.2, -0.15) is 17.6 Å². The fourth-order valence-corrected chi connectivity index (χ4v) is 1.31. The molecule has 0 unspecified atom stereocenters. The smallest absolute Gasteiger partial charge is 0.0811 e. The number of nitrogens with zero attached hydrogens (tertiary/aromatic N) is 1. The highest BCUT2D eigenvalue weighted by atomic mass is 32.1. The number of para-hydroxylation sites is 1. The van der Waals surface area contributed by atoms with E-state index >= 15 is 0 Å². The summed E-state index contributed by atoms with van der Waals surface area (Å²) in [6.07, 6.45) is 5.06. The quantitative estimate of drug-likeness (QED) is 0.464. The van der Waals surface area contributed by atoms with E-state index in [1.807, 2.05) is 30.3 Å². The predicted octanol–water partition coefficient (Wildman–Crippen LogP) is 3.75. The van der Waals surface area contributed by atoms with Crippen LogP contribution in [0.5, 0.6) is 0 Å². The van der Waals surface area contributed by atoms with E-state index in [0.29, 0.717) is 0 Å². The Kier molecular flexibility index (Phi) is 5.23. The second-order valence-electron chi connectivity index (χ2n) is 2.68. The third-order valence-corrected chi connectivity index (χ3v) is 2.05. The Balaban J connectivity index is 2.89. The van der Waals surface area contributed by atoms with Gasteiger partial charge in [0.15, 0.2) is 0 Å². The van der Waals surface area contributed by atoms with Gasteiger partial charge in [0, 0.05) is 5.56 Å². The highest BCUT2D eigenvalue weighted by Crippen LogP contribution is 2.19. The standard InChI is InChI=1S/C11H11NS2/c13-8-4-3-6-10-5-1-2-7-11(10)12-9-14/h1-3,5-7,13H,4,8H2. The van der Waals surface area contributed by atoms with Crippen LogP contribution in [-0.2, 0) is 0 Å². The first-order valence-electron chi connectivity index (χ1n) is 4.33. The fraction of sp³-hybridized carbons (Fsp3) is 0.182. The van der Waals surface area contributed by atoms with Gasteiger partial charge in [0.25, 0.3) is 0 Å². The summed E-state index contributed by atoms with van der Waals surface area (Å²) in [7, 11) is 0. The van der Waals surface area contributed by atoms with Crippen molar-refractivity contribution in [1.82, 2.24) is 0 Å². The number of thiol groups is 1. The molecule has 0 saturated heterocycles.